The summed E-state index contributed by atoms with van der Waals surface area (Å²) < 4.78 is 15.9. The maximum atomic E-state index is 11.9. The van der Waals surface area contributed by atoms with Gasteiger partial charge in [0.15, 0.2) is 5.57 Å². The molecule has 1 aliphatic heterocycles. The molecule has 0 bridgehead atoms. The van der Waals surface area contributed by atoms with E-state index in [1.165, 1.54) is 20.0 Å². The second-order valence-electron chi connectivity index (χ2n) is 5.71. The van der Waals surface area contributed by atoms with Crippen LogP contribution in [0.25, 0.3) is 0 Å². The van der Waals surface area contributed by atoms with Crippen LogP contribution in [0.1, 0.15) is 34.1 Å². The van der Waals surface area contributed by atoms with E-state index in [0.29, 0.717) is 11.4 Å². The highest BCUT2D eigenvalue weighted by molar-refractivity contribution is 6.15. The topological polar surface area (TPSA) is 73.9 Å². The first-order chi connectivity index (χ1) is 10.8. The Morgan fingerprint density at radius 2 is 1.83 bits per heavy atom. The summed E-state index contributed by atoms with van der Waals surface area (Å²) in [5, 5.41) is 2.91. The highest BCUT2D eigenvalue weighted by Gasteiger charge is 2.38. The Labute approximate surface area is 135 Å². The van der Waals surface area contributed by atoms with E-state index >= 15 is 0 Å². The number of carbonyl (C=O) groups is 2. The summed E-state index contributed by atoms with van der Waals surface area (Å²) in [5.41, 5.74) is 0.452. The van der Waals surface area contributed by atoms with Crippen molar-refractivity contribution < 1.29 is 23.8 Å². The average Bonchev–Trinajstić information content (AvgIpc) is 2.46. The van der Waals surface area contributed by atoms with Gasteiger partial charge in [-0.2, -0.15) is 0 Å². The predicted octanol–water partition coefficient (Wildman–Crippen LogP) is 3.00. The first-order valence-electron chi connectivity index (χ1n) is 7.51. The highest BCUT2D eigenvalue weighted by Crippen LogP contribution is 2.27. The number of carbonyl (C=O) groups excluding carboxylic acids is 2. The average molecular weight is 319 g/mol. The number of hydrogen-bond donors (Lipinski definition) is 1. The van der Waals surface area contributed by atoms with Crippen LogP contribution in [0.15, 0.2) is 36.0 Å². The minimum atomic E-state index is -1.25. The van der Waals surface area contributed by atoms with Gasteiger partial charge in [0.25, 0.3) is 5.79 Å². The molecule has 124 valence electrons. The Morgan fingerprint density at radius 3 is 2.43 bits per heavy atom. The molecule has 1 aromatic rings. The number of para-hydroxylation sites is 2. The molecular weight excluding hydrogens is 298 g/mol. The molecule has 1 aliphatic rings. The molecule has 0 amide bonds. The molecule has 0 spiro atoms. The molecule has 0 aromatic heterocycles. The first-order valence-corrected chi connectivity index (χ1v) is 7.51. The summed E-state index contributed by atoms with van der Waals surface area (Å²) >= 11 is 0. The van der Waals surface area contributed by atoms with Gasteiger partial charge in [-0.05, 0) is 25.5 Å². The normalized spacial score (nSPS) is 17.8. The quantitative estimate of drug-likeness (QED) is 0.511. The zero-order valence-electron chi connectivity index (χ0n) is 13.7. The first kappa shape index (κ1) is 16.9. The summed E-state index contributed by atoms with van der Waals surface area (Å²) in [6.07, 6.45) is 2.19. The van der Waals surface area contributed by atoms with Crippen LogP contribution in [0.3, 0.4) is 0 Å². The maximum absolute atomic E-state index is 11.9. The largest absolute Gasteiger partial charge is 0.489 e. The van der Waals surface area contributed by atoms with E-state index in [-0.39, 0.29) is 11.7 Å². The minimum absolute atomic E-state index is 0.0519. The summed E-state index contributed by atoms with van der Waals surface area (Å²) in [4.78, 5) is 23.8. The fourth-order valence-corrected chi connectivity index (χ4v) is 1.92. The van der Waals surface area contributed by atoms with Gasteiger partial charge in [0.2, 0.25) is 0 Å². The van der Waals surface area contributed by atoms with Crippen molar-refractivity contribution >= 4 is 17.6 Å². The second-order valence-corrected chi connectivity index (χ2v) is 5.71. The zero-order chi connectivity index (χ0) is 17.0. The van der Waals surface area contributed by atoms with Gasteiger partial charge >= 0.3 is 11.9 Å². The summed E-state index contributed by atoms with van der Waals surface area (Å²) in [6.45, 7) is 7.00. The van der Waals surface area contributed by atoms with E-state index < -0.39 is 17.7 Å². The molecule has 1 aromatic carbocycles. The van der Waals surface area contributed by atoms with E-state index in [1.807, 2.05) is 32.0 Å². The molecule has 1 N–H and O–H groups in total. The predicted molar refractivity (Wildman–Crippen MR) is 84.8 cm³/mol. The number of cyclic esters (lactones) is 2. The van der Waals surface area contributed by atoms with Gasteiger partial charge in [-0.1, -0.05) is 19.1 Å². The van der Waals surface area contributed by atoms with E-state index in [0.717, 1.165) is 6.42 Å². The van der Waals surface area contributed by atoms with Gasteiger partial charge in [0.1, 0.15) is 5.75 Å². The fraction of sp³-hybridized carbons (Fsp3) is 0.412. The minimum Gasteiger partial charge on any atom is -0.489 e. The molecule has 0 aliphatic carbocycles. The lowest BCUT2D eigenvalue weighted by Gasteiger charge is -2.29. The van der Waals surface area contributed by atoms with Crippen molar-refractivity contribution in [2.75, 3.05) is 5.32 Å². The lowest BCUT2D eigenvalue weighted by atomic mass is 10.2. The third-order valence-electron chi connectivity index (χ3n) is 3.28. The van der Waals surface area contributed by atoms with Crippen LogP contribution in [0.2, 0.25) is 0 Å². The second kappa shape index (κ2) is 6.73. The Kier molecular flexibility index (Phi) is 4.93. The third kappa shape index (κ3) is 4.25. The van der Waals surface area contributed by atoms with Crippen LogP contribution >= 0.6 is 0 Å². The Bertz CT molecular complexity index is 614. The van der Waals surface area contributed by atoms with Crippen LogP contribution in [0.4, 0.5) is 5.69 Å². The van der Waals surface area contributed by atoms with Crippen LogP contribution in [0.5, 0.6) is 5.75 Å². The summed E-state index contributed by atoms with van der Waals surface area (Å²) in [7, 11) is 0. The molecule has 6 heteroatoms. The van der Waals surface area contributed by atoms with Crippen LogP contribution in [0, 0.1) is 0 Å². The van der Waals surface area contributed by atoms with Gasteiger partial charge < -0.3 is 19.5 Å². The number of benzene rings is 1. The molecule has 1 heterocycles. The van der Waals surface area contributed by atoms with Crippen LogP contribution < -0.4 is 10.1 Å². The molecule has 2 rings (SSSR count). The van der Waals surface area contributed by atoms with Crippen molar-refractivity contribution in [2.24, 2.45) is 0 Å². The SMILES string of the molecule is CCC(C)Oc1ccccc1NC=C1C(=O)OC(C)(C)OC1=O. The van der Waals surface area contributed by atoms with Crippen molar-refractivity contribution in [3.8, 4) is 5.75 Å². The van der Waals surface area contributed by atoms with Crippen molar-refractivity contribution in [3.05, 3.63) is 36.0 Å². The van der Waals surface area contributed by atoms with Gasteiger partial charge in [-0.25, -0.2) is 9.59 Å². The summed E-state index contributed by atoms with van der Waals surface area (Å²) in [5.74, 6) is -2.06. The molecule has 1 unspecified atom stereocenters. The highest BCUT2D eigenvalue weighted by atomic mass is 16.7. The monoisotopic (exact) mass is 319 g/mol. The molecule has 23 heavy (non-hydrogen) atoms. The Balaban J connectivity index is 2.17. The molecule has 1 fully saturated rings. The van der Waals surface area contributed by atoms with E-state index in [1.54, 1.807) is 6.07 Å². The van der Waals surface area contributed by atoms with Gasteiger partial charge in [0.05, 0.1) is 11.8 Å². The third-order valence-corrected chi connectivity index (χ3v) is 3.28. The van der Waals surface area contributed by atoms with Gasteiger partial charge in [0, 0.05) is 20.0 Å². The maximum Gasteiger partial charge on any atom is 0.350 e. The molecule has 1 saturated heterocycles. The van der Waals surface area contributed by atoms with E-state index in [2.05, 4.69) is 5.32 Å². The number of rotatable bonds is 5. The molecular formula is C17H21NO5. The van der Waals surface area contributed by atoms with Crippen LogP contribution in [-0.2, 0) is 19.1 Å². The number of hydrogen-bond acceptors (Lipinski definition) is 6. The Morgan fingerprint density at radius 1 is 1.22 bits per heavy atom. The molecule has 1 atom stereocenters. The van der Waals surface area contributed by atoms with E-state index in [9.17, 15) is 9.59 Å². The van der Waals surface area contributed by atoms with Crippen molar-refractivity contribution in [1.29, 1.82) is 0 Å². The number of ether oxygens (including phenoxy) is 3. The lowest BCUT2D eigenvalue weighted by Crippen LogP contribution is -2.42. The van der Waals surface area contributed by atoms with Crippen molar-refractivity contribution in [1.82, 2.24) is 0 Å². The number of anilines is 1. The standard InChI is InChI=1S/C17H21NO5/c1-5-11(2)21-14-9-7-6-8-13(14)18-10-12-15(19)22-17(3,4)23-16(12)20/h6-11,18H,5H2,1-4H3. The number of esters is 2. The van der Waals surface area contributed by atoms with E-state index in [4.69, 9.17) is 14.2 Å². The zero-order valence-corrected chi connectivity index (χ0v) is 13.7. The summed E-state index contributed by atoms with van der Waals surface area (Å²) in [6, 6.07) is 7.28. The smallest absolute Gasteiger partial charge is 0.350 e. The fourth-order valence-electron chi connectivity index (χ4n) is 1.92. The lowest BCUT2D eigenvalue weighted by molar-refractivity contribution is -0.222. The number of nitrogens with one attached hydrogen (secondary N) is 1. The van der Waals surface area contributed by atoms with Crippen molar-refractivity contribution in [3.63, 3.8) is 0 Å². The molecule has 0 saturated carbocycles. The van der Waals surface area contributed by atoms with Crippen LogP contribution in [-0.4, -0.2) is 23.8 Å². The van der Waals surface area contributed by atoms with Crippen molar-refractivity contribution in [2.45, 2.75) is 46.0 Å². The molecule has 6 nitrogen and oxygen atoms in total. The Hall–Kier alpha value is -2.50. The van der Waals surface area contributed by atoms with Gasteiger partial charge in [-0.3, -0.25) is 0 Å². The van der Waals surface area contributed by atoms with Gasteiger partial charge in [-0.15, -0.1) is 0 Å². The molecule has 0 radical (unpaired) electrons.